The van der Waals surface area contributed by atoms with E-state index >= 15 is 0 Å². The van der Waals surface area contributed by atoms with Crippen molar-refractivity contribution in [2.75, 3.05) is 18.4 Å². The largest absolute Gasteiger partial charge is 0.392 e. The third kappa shape index (κ3) is 4.32. The molecule has 3 rings (SSSR count). The molecule has 2 N–H and O–H groups in total. The first-order valence-electron chi connectivity index (χ1n) is 9.06. The Bertz CT molecular complexity index is 977. The molecule has 150 valence electrons. The lowest BCUT2D eigenvalue weighted by atomic mass is 10.0. The number of anilines is 2. The van der Waals surface area contributed by atoms with E-state index in [-0.39, 0.29) is 28.8 Å². The SMILES string of the molecule is C[C@@H]1CCCN(S(=O)(=O)c2ccc(Nc3cccc(CO)c3)c([N+](=O)[O-])c2)C1. The molecule has 2 aromatic rings. The lowest BCUT2D eigenvalue weighted by molar-refractivity contribution is -0.384. The third-order valence-electron chi connectivity index (χ3n) is 4.81. The summed E-state index contributed by atoms with van der Waals surface area (Å²) >= 11 is 0. The van der Waals surface area contributed by atoms with Crippen LogP contribution in [0.1, 0.15) is 25.3 Å². The predicted octanol–water partition coefficient (Wildman–Crippen LogP) is 3.25. The molecular formula is C19H23N3O5S. The van der Waals surface area contributed by atoms with Gasteiger partial charge in [0, 0.05) is 24.8 Å². The first-order valence-corrected chi connectivity index (χ1v) is 10.5. The standard InChI is InChI=1S/C19H23N3O5S/c1-14-4-3-9-21(12-14)28(26,27)17-7-8-18(19(11-17)22(24)25)20-16-6-2-5-15(10-16)13-23/h2,5-8,10-11,14,20,23H,3-4,9,12-13H2,1H3/t14-/m1/s1. The Kier molecular flexibility index (Phi) is 5.97. The van der Waals surface area contributed by atoms with Crippen molar-refractivity contribution >= 4 is 27.1 Å². The van der Waals surface area contributed by atoms with Crippen LogP contribution in [0, 0.1) is 16.0 Å². The van der Waals surface area contributed by atoms with Gasteiger partial charge < -0.3 is 10.4 Å². The molecule has 0 aliphatic carbocycles. The summed E-state index contributed by atoms with van der Waals surface area (Å²) in [6.07, 6.45) is 1.76. The van der Waals surface area contributed by atoms with Crippen LogP contribution in [0.2, 0.25) is 0 Å². The van der Waals surface area contributed by atoms with E-state index in [1.807, 2.05) is 6.92 Å². The average molecular weight is 405 g/mol. The summed E-state index contributed by atoms with van der Waals surface area (Å²) in [5, 5.41) is 23.7. The van der Waals surface area contributed by atoms with Gasteiger partial charge in [-0.05, 0) is 48.6 Å². The maximum Gasteiger partial charge on any atom is 0.294 e. The second kappa shape index (κ2) is 8.26. The van der Waals surface area contributed by atoms with Gasteiger partial charge in [-0.1, -0.05) is 19.1 Å². The lowest BCUT2D eigenvalue weighted by Gasteiger charge is -2.30. The van der Waals surface area contributed by atoms with Crippen LogP contribution in [-0.4, -0.2) is 35.8 Å². The summed E-state index contributed by atoms with van der Waals surface area (Å²) in [4.78, 5) is 10.9. The van der Waals surface area contributed by atoms with Crippen molar-refractivity contribution in [3.63, 3.8) is 0 Å². The van der Waals surface area contributed by atoms with Gasteiger partial charge in [0.05, 0.1) is 16.4 Å². The maximum atomic E-state index is 12.9. The van der Waals surface area contributed by atoms with Crippen molar-refractivity contribution in [1.82, 2.24) is 4.31 Å². The molecule has 0 aromatic heterocycles. The molecule has 2 aromatic carbocycles. The van der Waals surface area contributed by atoms with Crippen LogP contribution in [0.15, 0.2) is 47.4 Å². The van der Waals surface area contributed by atoms with Gasteiger partial charge in [-0.15, -0.1) is 0 Å². The molecule has 0 amide bonds. The molecule has 1 aliphatic heterocycles. The number of benzene rings is 2. The molecule has 0 spiro atoms. The minimum atomic E-state index is -3.78. The molecule has 0 radical (unpaired) electrons. The van der Waals surface area contributed by atoms with Crippen LogP contribution in [0.4, 0.5) is 17.1 Å². The predicted molar refractivity (Wildman–Crippen MR) is 106 cm³/mol. The molecule has 0 unspecified atom stereocenters. The highest BCUT2D eigenvalue weighted by Gasteiger charge is 2.30. The zero-order valence-corrected chi connectivity index (χ0v) is 16.4. The molecule has 0 bridgehead atoms. The Morgan fingerprint density at radius 3 is 2.75 bits per heavy atom. The number of nitro benzene ring substituents is 1. The number of sulfonamides is 1. The molecule has 1 saturated heterocycles. The average Bonchev–Trinajstić information content (AvgIpc) is 2.68. The maximum absolute atomic E-state index is 12.9. The van der Waals surface area contributed by atoms with E-state index < -0.39 is 14.9 Å². The van der Waals surface area contributed by atoms with Gasteiger partial charge in [0.15, 0.2) is 0 Å². The number of rotatable bonds is 6. The first kappa shape index (κ1) is 20.2. The van der Waals surface area contributed by atoms with Gasteiger partial charge in [-0.2, -0.15) is 4.31 Å². The fraction of sp³-hybridized carbons (Fsp3) is 0.368. The zero-order chi connectivity index (χ0) is 20.3. The smallest absolute Gasteiger partial charge is 0.294 e. The monoisotopic (exact) mass is 405 g/mol. The number of aliphatic hydroxyl groups excluding tert-OH is 1. The van der Waals surface area contributed by atoms with Crippen molar-refractivity contribution in [2.24, 2.45) is 5.92 Å². The van der Waals surface area contributed by atoms with Crippen LogP contribution in [0.25, 0.3) is 0 Å². The molecule has 1 atom stereocenters. The van der Waals surface area contributed by atoms with E-state index in [0.29, 0.717) is 24.3 Å². The lowest BCUT2D eigenvalue weighted by Crippen LogP contribution is -2.39. The van der Waals surface area contributed by atoms with E-state index in [4.69, 9.17) is 0 Å². The quantitative estimate of drug-likeness (QED) is 0.563. The Labute approximate surface area is 164 Å². The Balaban J connectivity index is 1.93. The first-order chi connectivity index (χ1) is 13.3. The van der Waals surface area contributed by atoms with Crippen molar-refractivity contribution in [1.29, 1.82) is 0 Å². The molecule has 9 heteroatoms. The van der Waals surface area contributed by atoms with Gasteiger partial charge in [0.2, 0.25) is 10.0 Å². The topological polar surface area (TPSA) is 113 Å². The fourth-order valence-corrected chi connectivity index (χ4v) is 4.96. The van der Waals surface area contributed by atoms with Gasteiger partial charge in [0.1, 0.15) is 5.69 Å². The summed E-state index contributed by atoms with van der Waals surface area (Å²) in [5.74, 6) is 0.262. The fourth-order valence-electron chi connectivity index (χ4n) is 3.35. The van der Waals surface area contributed by atoms with Crippen LogP contribution in [0.3, 0.4) is 0 Å². The number of hydrogen-bond donors (Lipinski definition) is 2. The van der Waals surface area contributed by atoms with Crippen molar-refractivity contribution in [3.8, 4) is 0 Å². The zero-order valence-electron chi connectivity index (χ0n) is 15.5. The number of piperidine rings is 1. The number of nitrogens with zero attached hydrogens (tertiary/aromatic N) is 2. The summed E-state index contributed by atoms with van der Waals surface area (Å²) in [5.41, 5.74) is 1.09. The Morgan fingerprint density at radius 2 is 2.07 bits per heavy atom. The van der Waals surface area contributed by atoms with Crippen LogP contribution in [-0.2, 0) is 16.6 Å². The molecule has 1 heterocycles. The van der Waals surface area contributed by atoms with E-state index in [2.05, 4.69) is 5.32 Å². The van der Waals surface area contributed by atoms with Gasteiger partial charge in [0.25, 0.3) is 5.69 Å². The number of nitro groups is 1. The number of nitrogens with one attached hydrogen (secondary N) is 1. The summed E-state index contributed by atoms with van der Waals surface area (Å²) in [7, 11) is -3.78. The second-order valence-corrected chi connectivity index (χ2v) is 8.97. The van der Waals surface area contributed by atoms with Crippen LogP contribution >= 0.6 is 0 Å². The molecule has 1 aliphatic rings. The van der Waals surface area contributed by atoms with E-state index in [9.17, 15) is 23.6 Å². The van der Waals surface area contributed by atoms with E-state index in [1.54, 1.807) is 24.3 Å². The highest BCUT2D eigenvalue weighted by Crippen LogP contribution is 2.32. The molecular weight excluding hydrogens is 382 g/mol. The van der Waals surface area contributed by atoms with E-state index in [1.165, 1.54) is 16.4 Å². The normalized spacial score (nSPS) is 18.0. The van der Waals surface area contributed by atoms with E-state index in [0.717, 1.165) is 18.9 Å². The highest BCUT2D eigenvalue weighted by molar-refractivity contribution is 7.89. The van der Waals surface area contributed by atoms with Gasteiger partial charge in [-0.25, -0.2) is 8.42 Å². The molecule has 8 nitrogen and oxygen atoms in total. The summed E-state index contributed by atoms with van der Waals surface area (Å²) in [6.45, 7) is 2.69. The Morgan fingerprint density at radius 1 is 1.29 bits per heavy atom. The minimum absolute atomic E-state index is 0.0806. The number of aliphatic hydroxyl groups is 1. The minimum Gasteiger partial charge on any atom is -0.392 e. The molecule has 0 saturated carbocycles. The van der Waals surface area contributed by atoms with Crippen LogP contribution in [0.5, 0.6) is 0 Å². The van der Waals surface area contributed by atoms with Gasteiger partial charge >= 0.3 is 0 Å². The van der Waals surface area contributed by atoms with Crippen molar-refractivity contribution < 1.29 is 18.4 Å². The Hall–Kier alpha value is -2.49. The summed E-state index contributed by atoms with van der Waals surface area (Å²) < 4.78 is 27.2. The number of hydrogen-bond acceptors (Lipinski definition) is 6. The van der Waals surface area contributed by atoms with Gasteiger partial charge in [-0.3, -0.25) is 10.1 Å². The van der Waals surface area contributed by atoms with Crippen molar-refractivity contribution in [3.05, 3.63) is 58.1 Å². The van der Waals surface area contributed by atoms with Crippen molar-refractivity contribution in [2.45, 2.75) is 31.3 Å². The molecule has 28 heavy (non-hydrogen) atoms. The second-order valence-electron chi connectivity index (χ2n) is 7.03. The molecule has 1 fully saturated rings. The highest BCUT2D eigenvalue weighted by atomic mass is 32.2. The third-order valence-corrected chi connectivity index (χ3v) is 6.67. The van der Waals surface area contributed by atoms with Crippen LogP contribution < -0.4 is 5.32 Å². The summed E-state index contributed by atoms with van der Waals surface area (Å²) in [6, 6.07) is 10.7.